The topological polar surface area (TPSA) is 88.1 Å². The number of hydrogen-bond donors (Lipinski definition) is 2. The molecule has 0 radical (unpaired) electrons. The summed E-state index contributed by atoms with van der Waals surface area (Å²) in [4.78, 5) is 10.6. The van der Waals surface area contributed by atoms with E-state index in [-0.39, 0.29) is 5.84 Å². The van der Waals surface area contributed by atoms with Crippen LogP contribution in [-0.2, 0) is 4.74 Å². The summed E-state index contributed by atoms with van der Waals surface area (Å²) >= 11 is 0. The average molecular weight is 235 g/mol. The summed E-state index contributed by atoms with van der Waals surface area (Å²) in [6.45, 7) is 1.85. The van der Waals surface area contributed by atoms with E-state index in [1.54, 1.807) is 19.5 Å². The second kappa shape index (κ2) is 5.09. The highest BCUT2D eigenvalue weighted by atomic mass is 16.5. The summed E-state index contributed by atoms with van der Waals surface area (Å²) in [7, 11) is 1.75. The van der Waals surface area contributed by atoms with Gasteiger partial charge >= 0.3 is 0 Å². The second-order valence-corrected chi connectivity index (χ2v) is 4.10. The maximum absolute atomic E-state index is 7.25. The molecular formula is C11H17N5O. The lowest BCUT2D eigenvalue weighted by atomic mass is 10.1. The minimum absolute atomic E-state index is 0.0536. The first-order valence-corrected chi connectivity index (χ1v) is 5.65. The fraction of sp³-hybridized carbons (Fsp3) is 0.545. The van der Waals surface area contributed by atoms with E-state index < -0.39 is 0 Å². The highest BCUT2D eigenvalue weighted by molar-refractivity contribution is 5.92. The lowest BCUT2D eigenvalue weighted by molar-refractivity contribution is 0.0818. The number of nitrogens with two attached hydrogens (primary N) is 1. The Morgan fingerprint density at radius 2 is 2.12 bits per heavy atom. The number of ether oxygens (including phenoxy) is 1. The number of piperidine rings is 1. The summed E-state index contributed by atoms with van der Waals surface area (Å²) in [5, 5.41) is 7.25. The number of rotatable bonds is 3. The molecule has 0 aromatic carbocycles. The van der Waals surface area contributed by atoms with Crippen LogP contribution in [0.3, 0.4) is 0 Å². The molecule has 0 amide bonds. The van der Waals surface area contributed by atoms with Crippen LogP contribution in [0, 0.1) is 5.41 Å². The Kier molecular flexibility index (Phi) is 3.53. The molecule has 2 heterocycles. The van der Waals surface area contributed by atoms with E-state index in [0.29, 0.717) is 11.8 Å². The molecule has 0 atom stereocenters. The molecule has 0 aliphatic carbocycles. The Bertz CT molecular complexity index is 383. The molecule has 0 unspecified atom stereocenters. The van der Waals surface area contributed by atoms with Crippen molar-refractivity contribution in [2.45, 2.75) is 18.9 Å². The van der Waals surface area contributed by atoms with Gasteiger partial charge in [-0.3, -0.25) is 5.41 Å². The van der Waals surface area contributed by atoms with Gasteiger partial charge in [-0.25, -0.2) is 9.97 Å². The van der Waals surface area contributed by atoms with Gasteiger partial charge in [0.25, 0.3) is 0 Å². The fourth-order valence-corrected chi connectivity index (χ4v) is 1.94. The van der Waals surface area contributed by atoms with Gasteiger partial charge in [0.2, 0.25) is 0 Å². The molecular weight excluding hydrogens is 218 g/mol. The molecule has 1 aliphatic heterocycles. The van der Waals surface area contributed by atoms with E-state index in [0.717, 1.165) is 31.7 Å². The predicted molar refractivity (Wildman–Crippen MR) is 65.3 cm³/mol. The van der Waals surface area contributed by atoms with Gasteiger partial charge in [0.15, 0.2) is 0 Å². The van der Waals surface area contributed by atoms with Crippen molar-refractivity contribution in [2.75, 3.05) is 25.1 Å². The SMILES string of the molecule is COC1CCN(c2cnc(C(=N)N)cn2)CC1. The van der Waals surface area contributed by atoms with Crippen LogP contribution in [0.25, 0.3) is 0 Å². The van der Waals surface area contributed by atoms with Gasteiger partial charge in [0.05, 0.1) is 18.5 Å². The summed E-state index contributed by atoms with van der Waals surface area (Å²) < 4.78 is 5.32. The van der Waals surface area contributed by atoms with Crippen molar-refractivity contribution in [3.63, 3.8) is 0 Å². The van der Waals surface area contributed by atoms with E-state index in [4.69, 9.17) is 15.9 Å². The molecule has 6 nitrogen and oxygen atoms in total. The number of anilines is 1. The maximum Gasteiger partial charge on any atom is 0.147 e. The predicted octanol–water partition coefficient (Wildman–Crippen LogP) is 0.376. The van der Waals surface area contributed by atoms with Gasteiger partial charge in [-0.1, -0.05) is 0 Å². The number of hydrogen-bond acceptors (Lipinski definition) is 5. The van der Waals surface area contributed by atoms with Gasteiger partial charge < -0.3 is 15.4 Å². The minimum Gasteiger partial charge on any atom is -0.382 e. The first kappa shape index (κ1) is 11.8. The largest absolute Gasteiger partial charge is 0.382 e. The van der Waals surface area contributed by atoms with Gasteiger partial charge in [0.1, 0.15) is 17.3 Å². The highest BCUT2D eigenvalue weighted by Gasteiger charge is 2.19. The molecule has 1 saturated heterocycles. The van der Waals surface area contributed by atoms with Crippen LogP contribution in [0.2, 0.25) is 0 Å². The van der Waals surface area contributed by atoms with Crippen LogP contribution >= 0.6 is 0 Å². The van der Waals surface area contributed by atoms with Gasteiger partial charge in [-0.2, -0.15) is 0 Å². The van der Waals surface area contributed by atoms with Gasteiger partial charge in [0, 0.05) is 20.2 Å². The molecule has 6 heteroatoms. The summed E-state index contributed by atoms with van der Waals surface area (Å²) in [5.74, 6) is 0.784. The normalized spacial score (nSPS) is 17.1. The molecule has 17 heavy (non-hydrogen) atoms. The third kappa shape index (κ3) is 2.71. The van der Waals surface area contributed by atoms with Gasteiger partial charge in [-0.15, -0.1) is 0 Å². The Morgan fingerprint density at radius 1 is 1.41 bits per heavy atom. The average Bonchev–Trinajstić information content (AvgIpc) is 2.39. The second-order valence-electron chi connectivity index (χ2n) is 4.10. The number of nitrogens with zero attached hydrogens (tertiary/aromatic N) is 3. The molecule has 3 N–H and O–H groups in total. The minimum atomic E-state index is -0.0536. The highest BCUT2D eigenvalue weighted by Crippen LogP contribution is 2.18. The summed E-state index contributed by atoms with van der Waals surface area (Å²) in [6, 6.07) is 0. The van der Waals surface area contributed by atoms with Crippen molar-refractivity contribution in [2.24, 2.45) is 5.73 Å². The molecule has 92 valence electrons. The molecule has 1 aliphatic rings. The first-order chi connectivity index (χ1) is 8.20. The molecule has 2 rings (SSSR count). The number of amidine groups is 1. The standard InChI is InChI=1S/C11H17N5O/c1-17-8-2-4-16(5-3-8)10-7-14-9(6-15-10)11(12)13/h6-8H,2-5H2,1H3,(H3,12,13). The van der Waals surface area contributed by atoms with Crippen LogP contribution in [0.5, 0.6) is 0 Å². The van der Waals surface area contributed by atoms with E-state index in [9.17, 15) is 0 Å². The molecule has 1 aromatic rings. The first-order valence-electron chi connectivity index (χ1n) is 5.65. The fourth-order valence-electron chi connectivity index (χ4n) is 1.94. The molecule has 0 bridgehead atoms. The van der Waals surface area contributed by atoms with Crippen molar-refractivity contribution in [1.82, 2.24) is 9.97 Å². The zero-order valence-corrected chi connectivity index (χ0v) is 9.89. The zero-order valence-electron chi connectivity index (χ0n) is 9.89. The lowest BCUT2D eigenvalue weighted by Crippen LogP contribution is -2.37. The van der Waals surface area contributed by atoms with Crippen molar-refractivity contribution >= 4 is 11.7 Å². The summed E-state index contributed by atoms with van der Waals surface area (Å²) in [6.07, 6.45) is 5.58. The Labute approximate surface area is 100 Å². The summed E-state index contributed by atoms with van der Waals surface area (Å²) in [5.41, 5.74) is 5.75. The number of nitrogens with one attached hydrogen (secondary N) is 1. The van der Waals surface area contributed by atoms with E-state index in [2.05, 4.69) is 14.9 Å². The van der Waals surface area contributed by atoms with Gasteiger partial charge in [-0.05, 0) is 12.8 Å². The van der Waals surface area contributed by atoms with E-state index >= 15 is 0 Å². The third-order valence-electron chi connectivity index (χ3n) is 3.01. The Balaban J connectivity index is 2.01. The van der Waals surface area contributed by atoms with E-state index in [1.165, 1.54) is 0 Å². The van der Waals surface area contributed by atoms with Crippen molar-refractivity contribution < 1.29 is 4.74 Å². The molecule has 0 spiro atoms. The number of methoxy groups -OCH3 is 1. The Hall–Kier alpha value is -1.69. The number of nitrogen functional groups attached to an aromatic ring is 1. The number of aromatic nitrogens is 2. The van der Waals surface area contributed by atoms with Crippen molar-refractivity contribution in [3.8, 4) is 0 Å². The van der Waals surface area contributed by atoms with Crippen LogP contribution in [0.15, 0.2) is 12.4 Å². The smallest absolute Gasteiger partial charge is 0.147 e. The molecule has 1 aromatic heterocycles. The Morgan fingerprint density at radius 3 is 2.59 bits per heavy atom. The van der Waals surface area contributed by atoms with E-state index in [1.807, 2.05) is 0 Å². The molecule has 1 fully saturated rings. The van der Waals surface area contributed by atoms with Crippen LogP contribution in [-0.4, -0.2) is 42.1 Å². The van der Waals surface area contributed by atoms with Crippen LogP contribution in [0.4, 0.5) is 5.82 Å². The van der Waals surface area contributed by atoms with Crippen molar-refractivity contribution in [3.05, 3.63) is 18.1 Å². The lowest BCUT2D eigenvalue weighted by Gasteiger charge is -2.31. The maximum atomic E-state index is 7.25. The van der Waals surface area contributed by atoms with Crippen LogP contribution in [0.1, 0.15) is 18.5 Å². The monoisotopic (exact) mass is 235 g/mol. The van der Waals surface area contributed by atoms with Crippen LogP contribution < -0.4 is 10.6 Å². The van der Waals surface area contributed by atoms with Crippen molar-refractivity contribution in [1.29, 1.82) is 5.41 Å². The third-order valence-corrected chi connectivity index (χ3v) is 3.01. The molecule has 0 saturated carbocycles. The quantitative estimate of drug-likeness (QED) is 0.584. The zero-order chi connectivity index (χ0) is 12.3.